The van der Waals surface area contributed by atoms with Crippen molar-refractivity contribution in [2.24, 2.45) is 23.7 Å². The topological polar surface area (TPSA) is 95.9 Å². The lowest BCUT2D eigenvalue weighted by Crippen LogP contribution is -2.45. The van der Waals surface area contributed by atoms with Gasteiger partial charge < -0.3 is 14.7 Å². The predicted octanol–water partition coefficient (Wildman–Crippen LogP) is 5.88. The van der Waals surface area contributed by atoms with Gasteiger partial charge in [-0.1, -0.05) is 43.2 Å². The van der Waals surface area contributed by atoms with E-state index < -0.39 is 27.3 Å². The van der Waals surface area contributed by atoms with Crippen molar-refractivity contribution in [3.8, 4) is 5.75 Å². The number of halogens is 1. The van der Waals surface area contributed by atoms with E-state index in [1.54, 1.807) is 18.2 Å². The summed E-state index contributed by atoms with van der Waals surface area (Å²) in [6, 6.07) is 11.1. The van der Waals surface area contributed by atoms with Gasteiger partial charge in [0, 0.05) is 23.7 Å². The van der Waals surface area contributed by atoms with Crippen LogP contribution in [0.25, 0.3) is 0 Å². The first-order valence-electron chi connectivity index (χ1n) is 15.4. The fraction of sp³-hybridized carbons (Fsp3) is 0.545. The summed E-state index contributed by atoms with van der Waals surface area (Å²) in [6.07, 6.45) is 10.3. The first-order valence-corrected chi connectivity index (χ1v) is 17.3. The van der Waals surface area contributed by atoms with Crippen LogP contribution in [0.15, 0.2) is 48.6 Å². The number of sulfonamides is 1. The van der Waals surface area contributed by atoms with Gasteiger partial charge in [-0.05, 0) is 110 Å². The van der Waals surface area contributed by atoms with E-state index in [-0.39, 0.29) is 17.8 Å². The molecule has 0 saturated heterocycles. The summed E-state index contributed by atoms with van der Waals surface area (Å²) in [5, 5.41) is 11.3. The van der Waals surface area contributed by atoms with Crippen LogP contribution in [0, 0.1) is 23.7 Å². The van der Waals surface area contributed by atoms with E-state index in [4.69, 9.17) is 16.3 Å². The van der Waals surface area contributed by atoms with Gasteiger partial charge >= 0.3 is 0 Å². The fourth-order valence-electron chi connectivity index (χ4n) is 7.36. The van der Waals surface area contributed by atoms with E-state index in [0.29, 0.717) is 35.3 Å². The molecule has 42 heavy (non-hydrogen) atoms. The molecule has 2 fully saturated rings. The molecule has 6 rings (SSSR count). The fourth-order valence-corrected chi connectivity index (χ4v) is 9.33. The number of benzene rings is 2. The van der Waals surface area contributed by atoms with Crippen molar-refractivity contribution in [1.29, 1.82) is 0 Å². The van der Waals surface area contributed by atoms with Crippen molar-refractivity contribution in [3.63, 3.8) is 0 Å². The molecule has 0 radical (unpaired) electrons. The Balaban J connectivity index is 1.39. The number of rotatable bonds is 0. The molecule has 2 saturated carbocycles. The van der Waals surface area contributed by atoms with E-state index in [1.807, 2.05) is 37.3 Å². The minimum Gasteiger partial charge on any atom is -0.487 e. The van der Waals surface area contributed by atoms with Crippen LogP contribution in [0.3, 0.4) is 0 Å². The summed E-state index contributed by atoms with van der Waals surface area (Å²) in [6.45, 7) is 3.80. The zero-order valence-corrected chi connectivity index (χ0v) is 25.7. The molecule has 2 aromatic rings. The van der Waals surface area contributed by atoms with Gasteiger partial charge in [-0.15, -0.1) is 0 Å². The number of amides is 1. The molecule has 1 amide bonds. The number of fused-ring (bicyclic) bond motifs is 5. The minimum atomic E-state index is -3.90. The number of aliphatic hydroxyl groups is 1. The third-order valence-corrected chi connectivity index (χ3v) is 12.3. The van der Waals surface area contributed by atoms with Gasteiger partial charge in [0.15, 0.2) is 0 Å². The third kappa shape index (κ3) is 6.08. The summed E-state index contributed by atoms with van der Waals surface area (Å²) >= 11 is 6.31. The number of aryl methyl sites for hydroxylation is 1. The maximum atomic E-state index is 13.5. The van der Waals surface area contributed by atoms with Crippen molar-refractivity contribution in [1.82, 2.24) is 4.72 Å². The van der Waals surface area contributed by atoms with Gasteiger partial charge in [-0.25, -0.2) is 13.1 Å². The Morgan fingerprint density at radius 1 is 1.00 bits per heavy atom. The lowest BCUT2D eigenvalue weighted by molar-refractivity contribution is 0.0457. The maximum Gasteiger partial charge on any atom is 0.264 e. The van der Waals surface area contributed by atoms with Crippen LogP contribution < -0.4 is 14.4 Å². The summed E-state index contributed by atoms with van der Waals surface area (Å²) in [5.41, 5.74) is 3.34. The van der Waals surface area contributed by atoms with Crippen LogP contribution in [-0.4, -0.2) is 43.9 Å². The number of nitrogens with one attached hydrogen (secondary N) is 1. The van der Waals surface area contributed by atoms with E-state index in [1.165, 1.54) is 5.56 Å². The SMILES string of the molecule is C[C@H]1[C@@H]2/C=C/[C@H](O)[C@@H]3CC[C@H]3CN3CCCCc4cc(Cl)ccc4COc4ccc(cc43)C(=O)NS(=O)(=O)[C@@H]1CCC2. The Morgan fingerprint density at radius 3 is 2.67 bits per heavy atom. The minimum absolute atomic E-state index is 0.0459. The molecular formula is C33H41ClN2O5S. The summed E-state index contributed by atoms with van der Waals surface area (Å²) < 4.78 is 35.8. The van der Waals surface area contributed by atoms with Gasteiger partial charge in [-0.3, -0.25) is 4.79 Å². The number of carbonyl (C=O) groups excluding carboxylic acids is 1. The predicted molar refractivity (Wildman–Crippen MR) is 165 cm³/mol. The van der Waals surface area contributed by atoms with Crippen molar-refractivity contribution in [2.75, 3.05) is 18.0 Å². The summed E-state index contributed by atoms with van der Waals surface area (Å²) in [7, 11) is -3.90. The van der Waals surface area contributed by atoms with Crippen molar-refractivity contribution >= 4 is 33.2 Å². The smallest absolute Gasteiger partial charge is 0.264 e. The highest BCUT2D eigenvalue weighted by Crippen LogP contribution is 2.42. The molecule has 2 aliphatic carbocycles. The second-order valence-corrected chi connectivity index (χ2v) is 15.0. The summed E-state index contributed by atoms with van der Waals surface area (Å²) in [5.74, 6) is 0.379. The Bertz CT molecular complexity index is 1460. The molecule has 0 spiro atoms. The van der Waals surface area contributed by atoms with E-state index in [2.05, 4.69) is 9.62 Å². The molecule has 226 valence electrons. The molecule has 2 aromatic carbocycles. The van der Waals surface area contributed by atoms with E-state index in [0.717, 1.165) is 69.3 Å². The third-order valence-electron chi connectivity index (χ3n) is 10.1. The van der Waals surface area contributed by atoms with Crippen LogP contribution in [-0.2, 0) is 23.1 Å². The van der Waals surface area contributed by atoms with Crippen molar-refractivity contribution in [2.45, 2.75) is 76.3 Å². The molecule has 4 aliphatic rings. The van der Waals surface area contributed by atoms with Gasteiger partial charge in [0.1, 0.15) is 12.4 Å². The molecule has 0 aromatic heterocycles. The second kappa shape index (κ2) is 12.2. The molecule has 0 unspecified atom stereocenters. The number of aliphatic hydroxyl groups excluding tert-OH is 1. The highest BCUT2D eigenvalue weighted by atomic mass is 35.5. The van der Waals surface area contributed by atoms with Gasteiger partial charge in [0.05, 0.1) is 17.0 Å². The first kappa shape index (κ1) is 29.5. The van der Waals surface area contributed by atoms with Crippen LogP contribution in [0.2, 0.25) is 5.02 Å². The number of ether oxygens (including phenoxy) is 1. The molecule has 9 heteroatoms. The average Bonchev–Trinajstić information content (AvgIpc) is 2.97. The largest absolute Gasteiger partial charge is 0.487 e. The maximum absolute atomic E-state index is 13.5. The molecule has 2 aliphatic heterocycles. The molecule has 2 heterocycles. The standard InChI is InChI=1S/C33H41ClN2O5S/c1-21-22-6-4-7-32(21)42(39,40)35-33(38)24-11-15-31-29(18-24)36(19-25-9-13-28(25)30(37)14-10-22)16-3-2-5-23-17-27(34)12-8-26(23)20-41-31/h8,10-12,14-15,17-18,21-22,25,28,30,32,37H,2-7,9,13,16,19-20H2,1H3,(H,35,38)/b14-10+/t21-,22-,25-,28+,30-,32+/m0/s1. The monoisotopic (exact) mass is 612 g/mol. The highest BCUT2D eigenvalue weighted by molar-refractivity contribution is 7.90. The second-order valence-electron chi connectivity index (χ2n) is 12.6. The van der Waals surface area contributed by atoms with Gasteiger partial charge in [0.25, 0.3) is 5.91 Å². The molecular weight excluding hydrogens is 572 g/mol. The van der Waals surface area contributed by atoms with Crippen LogP contribution in [0.1, 0.15) is 73.4 Å². The lowest BCUT2D eigenvalue weighted by atomic mass is 9.69. The molecule has 6 atom stereocenters. The normalized spacial score (nSPS) is 32.1. The van der Waals surface area contributed by atoms with Crippen molar-refractivity contribution < 1.29 is 23.1 Å². The molecule has 2 N–H and O–H groups in total. The Labute approximate surface area is 254 Å². The number of anilines is 1. The van der Waals surface area contributed by atoms with Crippen LogP contribution in [0.4, 0.5) is 5.69 Å². The molecule has 7 nitrogen and oxygen atoms in total. The Kier molecular flexibility index (Phi) is 8.58. The zero-order chi connectivity index (χ0) is 29.4. The Morgan fingerprint density at radius 2 is 1.86 bits per heavy atom. The van der Waals surface area contributed by atoms with E-state index in [9.17, 15) is 18.3 Å². The average molecular weight is 613 g/mol. The van der Waals surface area contributed by atoms with Crippen LogP contribution in [0.5, 0.6) is 5.75 Å². The van der Waals surface area contributed by atoms with Crippen LogP contribution >= 0.6 is 11.6 Å². The number of hydrogen-bond donors (Lipinski definition) is 2. The number of allylic oxidation sites excluding steroid dienone is 1. The quantitative estimate of drug-likeness (QED) is 0.361. The zero-order valence-electron chi connectivity index (χ0n) is 24.2. The van der Waals surface area contributed by atoms with Gasteiger partial charge in [0.2, 0.25) is 10.0 Å². The number of nitrogens with zero attached hydrogens (tertiary/aromatic N) is 1. The highest BCUT2D eigenvalue weighted by Gasteiger charge is 2.40. The summed E-state index contributed by atoms with van der Waals surface area (Å²) in [4.78, 5) is 15.7. The number of hydrogen-bond acceptors (Lipinski definition) is 6. The van der Waals surface area contributed by atoms with E-state index >= 15 is 0 Å². The Hall–Kier alpha value is -2.55. The lowest BCUT2D eigenvalue weighted by Gasteiger charge is -2.43. The van der Waals surface area contributed by atoms with Crippen molar-refractivity contribution in [3.05, 3.63) is 70.3 Å². The molecule has 4 bridgehead atoms. The van der Waals surface area contributed by atoms with Gasteiger partial charge in [-0.2, -0.15) is 0 Å². The first-order chi connectivity index (χ1) is 20.2. The number of carbonyl (C=O) groups is 1.